The molecule has 0 saturated carbocycles. The van der Waals surface area contributed by atoms with Gasteiger partial charge >= 0.3 is 0 Å². The fraction of sp³-hybridized carbons (Fsp3) is 0.538. The molecule has 1 unspecified atom stereocenters. The first-order chi connectivity index (χ1) is 7.69. The van der Waals surface area contributed by atoms with E-state index in [1.54, 1.807) is 6.07 Å². The Labute approximate surface area is 102 Å². The summed E-state index contributed by atoms with van der Waals surface area (Å²) in [4.78, 5) is 0. The van der Waals surface area contributed by atoms with Crippen LogP contribution in [0.15, 0.2) is 18.2 Å². The van der Waals surface area contributed by atoms with Crippen LogP contribution >= 0.6 is 11.8 Å². The monoisotopic (exact) mass is 241 g/mol. The first kappa shape index (κ1) is 13.5. The Morgan fingerprint density at radius 1 is 1.38 bits per heavy atom. The zero-order valence-electron chi connectivity index (χ0n) is 10.2. The van der Waals surface area contributed by atoms with E-state index in [-0.39, 0.29) is 5.82 Å². The SMILES string of the molecule is CCNC(CSCC)c1ccc(F)c(C)c1. The van der Waals surface area contributed by atoms with E-state index < -0.39 is 0 Å². The van der Waals surface area contributed by atoms with Gasteiger partial charge in [0.2, 0.25) is 0 Å². The third-order valence-electron chi connectivity index (χ3n) is 2.52. The second kappa shape index (κ2) is 6.92. The molecule has 0 aliphatic rings. The minimum atomic E-state index is -0.123. The molecule has 0 aliphatic heterocycles. The summed E-state index contributed by atoms with van der Waals surface area (Å²) in [7, 11) is 0. The molecule has 1 N–H and O–H groups in total. The molecule has 3 heteroatoms. The maximum absolute atomic E-state index is 13.2. The normalized spacial score (nSPS) is 12.8. The quantitative estimate of drug-likeness (QED) is 0.817. The van der Waals surface area contributed by atoms with Crippen LogP contribution < -0.4 is 5.32 Å². The molecule has 0 heterocycles. The summed E-state index contributed by atoms with van der Waals surface area (Å²) in [5.41, 5.74) is 1.91. The topological polar surface area (TPSA) is 12.0 Å². The molecule has 1 rings (SSSR count). The highest BCUT2D eigenvalue weighted by atomic mass is 32.2. The Morgan fingerprint density at radius 3 is 2.69 bits per heavy atom. The number of hydrogen-bond acceptors (Lipinski definition) is 2. The predicted molar refractivity (Wildman–Crippen MR) is 70.6 cm³/mol. The van der Waals surface area contributed by atoms with Gasteiger partial charge in [-0.1, -0.05) is 26.0 Å². The van der Waals surface area contributed by atoms with Crippen LogP contribution in [0.1, 0.15) is 31.0 Å². The number of nitrogens with one attached hydrogen (secondary N) is 1. The van der Waals surface area contributed by atoms with E-state index in [0.29, 0.717) is 6.04 Å². The first-order valence-corrected chi connectivity index (χ1v) is 6.91. The van der Waals surface area contributed by atoms with Crippen molar-refractivity contribution in [3.8, 4) is 0 Å². The minimum absolute atomic E-state index is 0.123. The van der Waals surface area contributed by atoms with Crippen molar-refractivity contribution in [2.45, 2.75) is 26.8 Å². The highest BCUT2D eigenvalue weighted by Crippen LogP contribution is 2.20. The summed E-state index contributed by atoms with van der Waals surface area (Å²) >= 11 is 1.90. The first-order valence-electron chi connectivity index (χ1n) is 5.76. The predicted octanol–water partition coefficient (Wildman–Crippen LogP) is 3.54. The lowest BCUT2D eigenvalue weighted by Gasteiger charge is -2.18. The molecule has 0 fully saturated rings. The smallest absolute Gasteiger partial charge is 0.126 e. The largest absolute Gasteiger partial charge is 0.310 e. The van der Waals surface area contributed by atoms with Crippen LogP contribution in [0.25, 0.3) is 0 Å². The lowest BCUT2D eigenvalue weighted by molar-refractivity contribution is 0.594. The van der Waals surface area contributed by atoms with Crippen LogP contribution in [0.3, 0.4) is 0 Å². The average molecular weight is 241 g/mol. The molecule has 16 heavy (non-hydrogen) atoms. The van der Waals surface area contributed by atoms with Gasteiger partial charge in [0.1, 0.15) is 5.82 Å². The van der Waals surface area contributed by atoms with Gasteiger partial charge in [-0.05, 0) is 36.4 Å². The summed E-state index contributed by atoms with van der Waals surface area (Å²) < 4.78 is 13.2. The van der Waals surface area contributed by atoms with Gasteiger partial charge in [0.25, 0.3) is 0 Å². The number of benzene rings is 1. The van der Waals surface area contributed by atoms with Gasteiger partial charge in [-0.15, -0.1) is 0 Å². The Balaban J connectivity index is 2.78. The van der Waals surface area contributed by atoms with Gasteiger partial charge in [0.15, 0.2) is 0 Å². The fourth-order valence-corrected chi connectivity index (χ4v) is 2.42. The number of thioether (sulfide) groups is 1. The van der Waals surface area contributed by atoms with E-state index in [9.17, 15) is 4.39 Å². The van der Waals surface area contributed by atoms with Gasteiger partial charge in [0, 0.05) is 11.8 Å². The number of rotatable bonds is 6. The number of aryl methyl sites for hydroxylation is 1. The van der Waals surface area contributed by atoms with Crippen molar-refractivity contribution in [1.82, 2.24) is 5.32 Å². The van der Waals surface area contributed by atoms with Gasteiger partial charge < -0.3 is 5.32 Å². The third-order valence-corrected chi connectivity index (χ3v) is 3.50. The van der Waals surface area contributed by atoms with Crippen LogP contribution in [0.5, 0.6) is 0 Å². The van der Waals surface area contributed by atoms with Crippen molar-refractivity contribution in [3.63, 3.8) is 0 Å². The van der Waals surface area contributed by atoms with Crippen molar-refractivity contribution < 1.29 is 4.39 Å². The van der Waals surface area contributed by atoms with Crippen LogP contribution in [0.2, 0.25) is 0 Å². The van der Waals surface area contributed by atoms with Crippen LogP contribution in [0, 0.1) is 12.7 Å². The Kier molecular flexibility index (Phi) is 5.85. The molecule has 0 aliphatic carbocycles. The molecule has 0 amide bonds. The Bertz CT molecular complexity index is 328. The molecule has 0 saturated heterocycles. The lowest BCUT2D eigenvalue weighted by atomic mass is 10.1. The molecule has 1 aromatic carbocycles. The summed E-state index contributed by atoms with van der Waals surface area (Å²) in [6, 6.07) is 5.71. The van der Waals surface area contributed by atoms with Crippen molar-refractivity contribution in [1.29, 1.82) is 0 Å². The Morgan fingerprint density at radius 2 is 2.12 bits per heavy atom. The van der Waals surface area contributed by atoms with Crippen molar-refractivity contribution in [2.75, 3.05) is 18.1 Å². The molecule has 0 spiro atoms. The fourth-order valence-electron chi connectivity index (χ4n) is 1.64. The highest BCUT2D eigenvalue weighted by molar-refractivity contribution is 7.99. The van der Waals surface area contributed by atoms with Crippen LogP contribution in [0.4, 0.5) is 4.39 Å². The zero-order valence-corrected chi connectivity index (χ0v) is 11.0. The summed E-state index contributed by atoms with van der Waals surface area (Å²) in [5.74, 6) is 2.03. The maximum atomic E-state index is 13.2. The highest BCUT2D eigenvalue weighted by Gasteiger charge is 2.11. The minimum Gasteiger partial charge on any atom is -0.310 e. The zero-order chi connectivity index (χ0) is 12.0. The maximum Gasteiger partial charge on any atom is 0.126 e. The average Bonchev–Trinajstić information content (AvgIpc) is 2.28. The van der Waals surface area contributed by atoms with Crippen LogP contribution in [-0.2, 0) is 0 Å². The van der Waals surface area contributed by atoms with E-state index in [0.717, 1.165) is 23.6 Å². The van der Waals surface area contributed by atoms with Crippen molar-refractivity contribution in [2.24, 2.45) is 0 Å². The molecular weight excluding hydrogens is 221 g/mol. The van der Waals surface area contributed by atoms with Crippen molar-refractivity contribution in [3.05, 3.63) is 35.1 Å². The molecule has 90 valence electrons. The van der Waals surface area contributed by atoms with E-state index in [1.165, 1.54) is 5.56 Å². The van der Waals surface area contributed by atoms with E-state index in [1.807, 2.05) is 30.8 Å². The molecular formula is C13H20FNS. The van der Waals surface area contributed by atoms with Gasteiger partial charge in [-0.2, -0.15) is 11.8 Å². The molecule has 1 aromatic rings. The summed E-state index contributed by atoms with van der Waals surface area (Å²) in [6.45, 7) is 7.00. The third kappa shape index (κ3) is 3.80. The molecule has 1 atom stereocenters. The standard InChI is InChI=1S/C13H20FNS/c1-4-15-13(9-16-5-2)11-6-7-12(14)10(3)8-11/h6-8,13,15H,4-5,9H2,1-3H3. The van der Waals surface area contributed by atoms with Gasteiger partial charge in [0.05, 0.1) is 0 Å². The molecule has 1 nitrogen and oxygen atoms in total. The summed E-state index contributed by atoms with van der Waals surface area (Å²) in [6.07, 6.45) is 0. The molecule has 0 radical (unpaired) electrons. The molecule has 0 bridgehead atoms. The second-order valence-corrected chi connectivity index (χ2v) is 5.10. The second-order valence-electron chi connectivity index (χ2n) is 3.78. The van der Waals surface area contributed by atoms with E-state index in [2.05, 4.69) is 19.2 Å². The van der Waals surface area contributed by atoms with Gasteiger partial charge in [-0.3, -0.25) is 0 Å². The lowest BCUT2D eigenvalue weighted by Crippen LogP contribution is -2.23. The summed E-state index contributed by atoms with van der Waals surface area (Å²) in [5, 5.41) is 3.44. The van der Waals surface area contributed by atoms with Crippen molar-refractivity contribution >= 4 is 11.8 Å². The van der Waals surface area contributed by atoms with Gasteiger partial charge in [-0.25, -0.2) is 4.39 Å². The Hall–Kier alpha value is -0.540. The molecule has 0 aromatic heterocycles. The van der Waals surface area contributed by atoms with E-state index in [4.69, 9.17) is 0 Å². The number of hydrogen-bond donors (Lipinski definition) is 1. The van der Waals surface area contributed by atoms with Crippen LogP contribution in [-0.4, -0.2) is 18.1 Å². The van der Waals surface area contributed by atoms with E-state index >= 15 is 0 Å². The number of halogens is 1.